The summed E-state index contributed by atoms with van der Waals surface area (Å²) in [5.74, 6) is 0. The Morgan fingerprint density at radius 3 is 1.44 bits per heavy atom. The topological polar surface area (TPSA) is 63.2 Å². The summed E-state index contributed by atoms with van der Waals surface area (Å²) in [6.45, 7) is 0. The van der Waals surface area contributed by atoms with Gasteiger partial charge in [0.25, 0.3) is 0 Å². The molecule has 0 unspecified atom stereocenters. The van der Waals surface area contributed by atoms with Crippen LogP contribution in [0.2, 0.25) is 0 Å². The second-order valence-electron chi connectivity index (χ2n) is 1.60. The van der Waals surface area contributed by atoms with E-state index < -0.39 is 21.4 Å². The highest BCUT2D eigenvalue weighted by Gasteiger charge is 2.39. The van der Waals surface area contributed by atoms with E-state index in [1.165, 1.54) is 0 Å². The Bertz CT molecular complexity index is 165. The molecule has 9 heavy (non-hydrogen) atoms. The maximum absolute atomic E-state index is 11.1. The van der Waals surface area contributed by atoms with Gasteiger partial charge < -0.3 is 13.3 Å². The van der Waals surface area contributed by atoms with Gasteiger partial charge in [-0.2, -0.15) is 13.2 Å². The first-order valence-electron chi connectivity index (χ1n) is 1.68. The Morgan fingerprint density at radius 2 is 1.44 bits per heavy atom. The summed E-state index contributed by atoms with van der Waals surface area (Å²) in [5.41, 5.74) is -5.68. The van der Waals surface area contributed by atoms with Crippen LogP contribution in [0.4, 0.5) is 13.2 Å². The Kier molecular flexibility index (Phi) is 1.45. The fourth-order valence-corrected chi connectivity index (χ4v) is 0. The van der Waals surface area contributed by atoms with Crippen molar-refractivity contribution in [1.29, 1.82) is 0 Å². The van der Waals surface area contributed by atoms with E-state index in [0.717, 1.165) is 0 Å². The first-order valence-corrected chi connectivity index (χ1v) is 3.90. The van der Waals surface area contributed by atoms with Gasteiger partial charge in [-0.25, -0.2) is 0 Å². The van der Waals surface area contributed by atoms with Gasteiger partial charge in [0.15, 0.2) is 0 Å². The van der Waals surface area contributed by atoms with Crippen LogP contribution in [-0.2, 0) is 9.63 Å². The predicted octanol–water partition coefficient (Wildman–Crippen LogP) is 0.217. The van der Waals surface area contributed by atoms with Crippen molar-refractivity contribution in [1.82, 2.24) is 0 Å². The fraction of sp³-hybridized carbons (Fsp3) is 1.00. The van der Waals surface area contributed by atoms with Crippen molar-refractivity contribution >= 4 is 9.63 Å². The number of halogens is 3. The average molecular weight is 164 g/mol. The molecule has 58 valence electrons. The second-order valence-corrected chi connectivity index (χ2v) is 4.38. The van der Waals surface area contributed by atoms with Gasteiger partial charge in [0, 0.05) is 0 Å². The lowest BCUT2D eigenvalue weighted by molar-refractivity contribution is -0.0655. The van der Waals surface area contributed by atoms with Gasteiger partial charge in [-0.05, 0) is 6.26 Å². The first kappa shape index (κ1) is 8.86. The van der Waals surface area contributed by atoms with E-state index in [1.807, 2.05) is 0 Å². The van der Waals surface area contributed by atoms with Crippen molar-refractivity contribution < 1.29 is 26.5 Å². The van der Waals surface area contributed by atoms with Crippen LogP contribution in [-0.4, -0.2) is 25.1 Å². The van der Waals surface area contributed by atoms with E-state index in [4.69, 9.17) is 0 Å². The molecule has 0 aromatic rings. The minimum absolute atomic E-state index is 0.392. The van der Waals surface area contributed by atoms with Crippen LogP contribution in [0.1, 0.15) is 0 Å². The molecule has 0 radical (unpaired) electrons. The van der Waals surface area contributed by atoms with Crippen LogP contribution in [0.3, 0.4) is 0 Å². The molecule has 0 rings (SSSR count). The van der Waals surface area contributed by atoms with Crippen molar-refractivity contribution in [3.63, 3.8) is 0 Å². The van der Waals surface area contributed by atoms with Crippen LogP contribution in [0.15, 0.2) is 0 Å². The summed E-state index contributed by atoms with van der Waals surface area (Å²) in [5, 5.41) is 0. The summed E-state index contributed by atoms with van der Waals surface area (Å²) in [7, 11) is -6.83. The molecule has 0 aliphatic heterocycles. The normalized spacial score (nSPS) is 18.7. The molecule has 0 aromatic heterocycles. The summed E-state index contributed by atoms with van der Waals surface area (Å²) >= 11 is 0. The molecule has 3 nitrogen and oxygen atoms in total. The number of alkyl halides is 3. The molecular weight excluding hydrogens is 161 g/mol. The Morgan fingerprint density at radius 1 is 1.33 bits per heavy atom. The average Bonchev–Trinajstić information content (AvgIpc) is 1.20. The number of hydrogen-bond donors (Lipinski definition) is 0. The van der Waals surface area contributed by atoms with Gasteiger partial charge in [-0.15, -0.1) is 9.63 Å². The Labute approximate surface area is 48.9 Å². The van der Waals surface area contributed by atoms with E-state index in [2.05, 4.69) is 0 Å². The zero-order chi connectivity index (χ0) is 7.95. The quantitative estimate of drug-likeness (QED) is 0.514. The summed E-state index contributed by atoms with van der Waals surface area (Å²) in [6.07, 6.45) is -0.392. The summed E-state index contributed by atoms with van der Waals surface area (Å²) < 4.78 is 61.9. The molecule has 0 amide bonds. The lowest BCUT2D eigenvalue weighted by Gasteiger charge is -2.52. The molecule has 0 bridgehead atoms. The standard InChI is InChI=1S/C2H5F3O3S/c1-9(6,7,8)2(3,4)5/h1H3,(H2,6,7,8)/p-2. The number of rotatable bonds is 0. The third-order valence-corrected chi connectivity index (χ3v) is 1.54. The fourth-order valence-electron chi connectivity index (χ4n) is 0. The van der Waals surface area contributed by atoms with Crippen molar-refractivity contribution in [3.8, 4) is 0 Å². The summed E-state index contributed by atoms with van der Waals surface area (Å²) in [4.78, 5) is 0. The molecule has 0 saturated heterocycles. The SMILES string of the molecule is CS(=O)([O-])([O-])C(F)(F)F. The predicted molar refractivity (Wildman–Crippen MR) is 21.7 cm³/mol. The lowest BCUT2D eigenvalue weighted by atomic mass is 11.6. The smallest absolute Gasteiger partial charge is 0.428 e. The minimum atomic E-state index is -6.83. The largest absolute Gasteiger partial charge is 0.793 e. The zero-order valence-electron chi connectivity index (χ0n) is 4.27. The lowest BCUT2D eigenvalue weighted by Crippen LogP contribution is -2.45. The molecular formula is C2H3F3O3S-2. The van der Waals surface area contributed by atoms with E-state index in [0.29, 0.717) is 0 Å². The third-order valence-electron chi connectivity index (χ3n) is 0.515. The number of sulfone groups is 3. The first-order chi connectivity index (χ1) is 3.51. The number of hydrogen-bond acceptors (Lipinski definition) is 3. The Hall–Kier alpha value is -0.140. The van der Waals surface area contributed by atoms with Crippen molar-refractivity contribution in [2.45, 2.75) is 5.51 Å². The monoisotopic (exact) mass is 164 g/mol. The van der Waals surface area contributed by atoms with Crippen LogP contribution in [0.25, 0.3) is 0 Å². The van der Waals surface area contributed by atoms with Gasteiger partial charge in [-0.3, -0.25) is 0 Å². The van der Waals surface area contributed by atoms with Crippen LogP contribution >= 0.6 is 0 Å². The molecule has 0 N–H and O–H groups in total. The van der Waals surface area contributed by atoms with Gasteiger partial charge in [-0.1, -0.05) is 0 Å². The van der Waals surface area contributed by atoms with Crippen molar-refractivity contribution in [2.24, 2.45) is 0 Å². The van der Waals surface area contributed by atoms with Crippen molar-refractivity contribution in [3.05, 3.63) is 0 Å². The molecule has 0 aliphatic carbocycles. The molecule has 0 aliphatic rings. The van der Waals surface area contributed by atoms with Gasteiger partial charge in [0.05, 0.1) is 0 Å². The minimum Gasteiger partial charge on any atom is -0.793 e. The third kappa shape index (κ3) is 1.92. The molecule has 0 aromatic carbocycles. The highest BCUT2D eigenvalue weighted by molar-refractivity contribution is 8.10. The maximum atomic E-state index is 11.1. The highest BCUT2D eigenvalue weighted by atomic mass is 32.3. The van der Waals surface area contributed by atoms with E-state index >= 15 is 0 Å². The highest BCUT2D eigenvalue weighted by Crippen LogP contribution is 2.35. The van der Waals surface area contributed by atoms with E-state index in [-0.39, 0.29) is 0 Å². The maximum Gasteiger partial charge on any atom is 0.428 e. The molecule has 0 saturated carbocycles. The van der Waals surface area contributed by atoms with Gasteiger partial charge in [0.2, 0.25) is 0 Å². The molecule has 0 atom stereocenters. The van der Waals surface area contributed by atoms with E-state index in [9.17, 15) is 26.5 Å². The van der Waals surface area contributed by atoms with E-state index in [1.54, 1.807) is 0 Å². The van der Waals surface area contributed by atoms with Gasteiger partial charge in [0.1, 0.15) is 0 Å². The Balaban J connectivity index is 4.80. The molecule has 0 spiro atoms. The van der Waals surface area contributed by atoms with Crippen molar-refractivity contribution in [2.75, 3.05) is 6.26 Å². The molecule has 0 heterocycles. The van der Waals surface area contributed by atoms with Crippen LogP contribution in [0, 0.1) is 0 Å². The molecule has 7 heteroatoms. The van der Waals surface area contributed by atoms with Gasteiger partial charge >= 0.3 is 5.51 Å². The second kappa shape index (κ2) is 1.47. The zero-order valence-corrected chi connectivity index (χ0v) is 5.08. The van der Waals surface area contributed by atoms with Crippen LogP contribution in [0.5, 0.6) is 0 Å². The molecule has 0 fully saturated rings. The summed E-state index contributed by atoms with van der Waals surface area (Å²) in [6, 6.07) is 0. The van der Waals surface area contributed by atoms with Crippen LogP contribution < -0.4 is 0 Å².